The Kier molecular flexibility index (Phi) is 2.08. The highest BCUT2D eigenvalue weighted by molar-refractivity contribution is 5.76. The second-order valence-corrected chi connectivity index (χ2v) is 2.82. The quantitative estimate of drug-likeness (QED) is 0.669. The summed E-state index contributed by atoms with van der Waals surface area (Å²) in [6.07, 6.45) is 3.58. The number of rotatable bonds is 3. The predicted octanol–water partition coefficient (Wildman–Crippen LogP) is 1.96. The van der Waals surface area contributed by atoms with Crippen LogP contribution in [0.1, 0.15) is 12.0 Å². The van der Waals surface area contributed by atoms with Crippen molar-refractivity contribution in [1.29, 1.82) is 0 Å². The molecular formula is C10H9NO2. The molecule has 2 aromatic rings. The standard InChI is InChI=1S/C10H9NO2/c12-6-2-4-8-3-1-5-9-10(8)13-7-11-9/h1,3,5-7H,2,4H2. The maximum Gasteiger partial charge on any atom is 0.181 e. The summed E-state index contributed by atoms with van der Waals surface area (Å²) in [4.78, 5) is 14.2. The summed E-state index contributed by atoms with van der Waals surface area (Å²) < 4.78 is 5.22. The second kappa shape index (κ2) is 3.39. The summed E-state index contributed by atoms with van der Waals surface area (Å²) in [7, 11) is 0. The van der Waals surface area contributed by atoms with Gasteiger partial charge in [-0.1, -0.05) is 12.1 Å². The third-order valence-corrected chi connectivity index (χ3v) is 1.97. The number of benzene rings is 1. The van der Waals surface area contributed by atoms with Crippen LogP contribution in [0.15, 0.2) is 29.0 Å². The van der Waals surface area contributed by atoms with Crippen LogP contribution >= 0.6 is 0 Å². The molecule has 13 heavy (non-hydrogen) atoms. The molecule has 2 rings (SSSR count). The van der Waals surface area contributed by atoms with Crippen LogP contribution in [0, 0.1) is 0 Å². The van der Waals surface area contributed by atoms with Crippen molar-refractivity contribution in [3.8, 4) is 0 Å². The van der Waals surface area contributed by atoms with E-state index < -0.39 is 0 Å². The first kappa shape index (κ1) is 7.98. The highest BCUT2D eigenvalue weighted by atomic mass is 16.3. The van der Waals surface area contributed by atoms with Gasteiger partial charge in [0.05, 0.1) is 0 Å². The molecule has 0 aliphatic heterocycles. The number of nitrogens with zero attached hydrogens (tertiary/aromatic N) is 1. The summed E-state index contributed by atoms with van der Waals surface area (Å²) >= 11 is 0. The van der Waals surface area contributed by atoms with Gasteiger partial charge in [-0.3, -0.25) is 0 Å². The van der Waals surface area contributed by atoms with E-state index in [-0.39, 0.29) is 0 Å². The molecule has 0 bridgehead atoms. The highest BCUT2D eigenvalue weighted by Crippen LogP contribution is 2.18. The van der Waals surface area contributed by atoms with Crippen molar-refractivity contribution >= 4 is 17.4 Å². The fraction of sp³-hybridized carbons (Fsp3) is 0.200. The monoisotopic (exact) mass is 175 g/mol. The molecule has 3 nitrogen and oxygen atoms in total. The number of carbonyl (C=O) groups is 1. The zero-order valence-electron chi connectivity index (χ0n) is 7.06. The van der Waals surface area contributed by atoms with E-state index in [0.29, 0.717) is 6.42 Å². The van der Waals surface area contributed by atoms with E-state index in [0.717, 1.165) is 29.4 Å². The van der Waals surface area contributed by atoms with E-state index in [4.69, 9.17) is 4.42 Å². The Hall–Kier alpha value is -1.64. The smallest absolute Gasteiger partial charge is 0.181 e. The number of aldehydes is 1. The highest BCUT2D eigenvalue weighted by Gasteiger charge is 2.03. The molecule has 66 valence electrons. The number of oxazole rings is 1. The molecule has 0 aliphatic carbocycles. The largest absolute Gasteiger partial charge is 0.443 e. The summed E-state index contributed by atoms with van der Waals surface area (Å²) in [6, 6.07) is 5.77. The number of para-hydroxylation sites is 1. The second-order valence-electron chi connectivity index (χ2n) is 2.82. The Bertz CT molecular complexity index is 420. The molecule has 0 spiro atoms. The maximum atomic E-state index is 10.2. The molecule has 0 aliphatic rings. The molecule has 0 saturated heterocycles. The first-order valence-electron chi connectivity index (χ1n) is 4.16. The van der Waals surface area contributed by atoms with Crippen molar-refractivity contribution in [1.82, 2.24) is 4.98 Å². The fourth-order valence-electron chi connectivity index (χ4n) is 1.36. The lowest BCUT2D eigenvalue weighted by atomic mass is 10.1. The third kappa shape index (κ3) is 1.45. The van der Waals surface area contributed by atoms with Gasteiger partial charge in [0, 0.05) is 6.42 Å². The normalized spacial score (nSPS) is 10.5. The van der Waals surface area contributed by atoms with Gasteiger partial charge in [0.1, 0.15) is 11.8 Å². The van der Waals surface area contributed by atoms with Gasteiger partial charge in [-0.2, -0.15) is 0 Å². The maximum absolute atomic E-state index is 10.2. The van der Waals surface area contributed by atoms with Crippen LogP contribution in [0.5, 0.6) is 0 Å². The van der Waals surface area contributed by atoms with Gasteiger partial charge in [0.2, 0.25) is 0 Å². The van der Waals surface area contributed by atoms with E-state index in [2.05, 4.69) is 4.98 Å². The lowest BCUT2D eigenvalue weighted by Gasteiger charge is -1.96. The molecule has 1 aromatic carbocycles. The Labute approximate surface area is 75.4 Å². The molecule has 1 heterocycles. The minimum atomic E-state index is 0.528. The van der Waals surface area contributed by atoms with E-state index in [1.165, 1.54) is 6.39 Å². The van der Waals surface area contributed by atoms with Gasteiger partial charge in [0.25, 0.3) is 0 Å². The molecule has 0 atom stereocenters. The lowest BCUT2D eigenvalue weighted by molar-refractivity contribution is -0.107. The van der Waals surface area contributed by atoms with E-state index in [9.17, 15) is 4.79 Å². The van der Waals surface area contributed by atoms with Crippen LogP contribution in [-0.2, 0) is 11.2 Å². The number of aryl methyl sites for hydroxylation is 1. The molecule has 0 unspecified atom stereocenters. The first-order chi connectivity index (χ1) is 6.42. The number of fused-ring (bicyclic) bond motifs is 1. The lowest BCUT2D eigenvalue weighted by Crippen LogP contribution is -1.86. The average molecular weight is 175 g/mol. The molecule has 0 saturated carbocycles. The fourth-order valence-corrected chi connectivity index (χ4v) is 1.36. The minimum Gasteiger partial charge on any atom is -0.443 e. The number of aromatic nitrogens is 1. The van der Waals surface area contributed by atoms with Gasteiger partial charge >= 0.3 is 0 Å². The average Bonchev–Trinajstić information content (AvgIpc) is 2.62. The molecule has 3 heteroatoms. The summed E-state index contributed by atoms with van der Waals surface area (Å²) in [5.74, 6) is 0. The van der Waals surface area contributed by atoms with E-state index in [1.807, 2.05) is 18.2 Å². The van der Waals surface area contributed by atoms with E-state index >= 15 is 0 Å². The Balaban J connectivity index is 2.42. The zero-order chi connectivity index (χ0) is 9.10. The van der Waals surface area contributed by atoms with Crippen molar-refractivity contribution in [2.45, 2.75) is 12.8 Å². The van der Waals surface area contributed by atoms with Crippen molar-refractivity contribution in [3.05, 3.63) is 30.2 Å². The van der Waals surface area contributed by atoms with Crippen molar-refractivity contribution < 1.29 is 9.21 Å². The van der Waals surface area contributed by atoms with Crippen LogP contribution in [0.25, 0.3) is 11.1 Å². The van der Waals surface area contributed by atoms with Crippen molar-refractivity contribution in [2.24, 2.45) is 0 Å². The van der Waals surface area contributed by atoms with Gasteiger partial charge in [-0.25, -0.2) is 4.98 Å². The SMILES string of the molecule is O=CCCc1cccc2ncoc12. The Morgan fingerprint density at radius 1 is 1.46 bits per heavy atom. The predicted molar refractivity (Wildman–Crippen MR) is 48.4 cm³/mol. The summed E-state index contributed by atoms with van der Waals surface area (Å²) in [6.45, 7) is 0. The van der Waals surface area contributed by atoms with E-state index in [1.54, 1.807) is 0 Å². The topological polar surface area (TPSA) is 43.1 Å². The molecule has 0 radical (unpaired) electrons. The van der Waals surface area contributed by atoms with Gasteiger partial charge < -0.3 is 9.21 Å². The Morgan fingerprint density at radius 2 is 2.38 bits per heavy atom. The van der Waals surface area contributed by atoms with Crippen molar-refractivity contribution in [3.63, 3.8) is 0 Å². The van der Waals surface area contributed by atoms with Crippen LogP contribution in [0.4, 0.5) is 0 Å². The Morgan fingerprint density at radius 3 is 3.23 bits per heavy atom. The van der Waals surface area contributed by atoms with Gasteiger partial charge in [-0.15, -0.1) is 0 Å². The van der Waals surface area contributed by atoms with Crippen LogP contribution in [0.3, 0.4) is 0 Å². The van der Waals surface area contributed by atoms with Crippen LogP contribution in [-0.4, -0.2) is 11.3 Å². The number of hydrogen-bond donors (Lipinski definition) is 0. The zero-order valence-corrected chi connectivity index (χ0v) is 7.06. The third-order valence-electron chi connectivity index (χ3n) is 1.97. The molecular weight excluding hydrogens is 166 g/mol. The first-order valence-corrected chi connectivity index (χ1v) is 4.16. The van der Waals surface area contributed by atoms with Crippen LogP contribution < -0.4 is 0 Å². The molecule has 0 fully saturated rings. The number of carbonyl (C=O) groups excluding carboxylic acids is 1. The molecule has 0 N–H and O–H groups in total. The molecule has 1 aromatic heterocycles. The molecule has 0 amide bonds. The summed E-state index contributed by atoms with van der Waals surface area (Å²) in [5.41, 5.74) is 2.69. The van der Waals surface area contributed by atoms with Crippen molar-refractivity contribution in [2.75, 3.05) is 0 Å². The minimum absolute atomic E-state index is 0.528. The summed E-state index contributed by atoms with van der Waals surface area (Å²) in [5, 5.41) is 0. The number of hydrogen-bond acceptors (Lipinski definition) is 3. The van der Waals surface area contributed by atoms with Gasteiger partial charge in [-0.05, 0) is 18.1 Å². The van der Waals surface area contributed by atoms with Gasteiger partial charge in [0.15, 0.2) is 12.0 Å². The van der Waals surface area contributed by atoms with Crippen LogP contribution in [0.2, 0.25) is 0 Å².